The quantitative estimate of drug-likeness (QED) is 0.447. The Kier molecular flexibility index (Phi) is 4.89. The van der Waals surface area contributed by atoms with Crippen LogP contribution in [-0.2, 0) is 0 Å². The third-order valence-corrected chi connectivity index (χ3v) is 11.0. The number of allylic oxidation sites excluding steroid dienone is 1. The van der Waals surface area contributed by atoms with Crippen LogP contribution in [0.5, 0.6) is 0 Å². The van der Waals surface area contributed by atoms with Crippen molar-refractivity contribution in [3.63, 3.8) is 0 Å². The van der Waals surface area contributed by atoms with Gasteiger partial charge in [-0.2, -0.15) is 0 Å². The summed E-state index contributed by atoms with van der Waals surface area (Å²) < 4.78 is 0. The van der Waals surface area contributed by atoms with Crippen molar-refractivity contribution < 1.29 is 0 Å². The lowest BCUT2D eigenvalue weighted by atomic mass is 9.40. The average molecular weight is 357 g/mol. The third-order valence-electron chi connectivity index (χ3n) is 11.0. The second-order valence-electron chi connectivity index (χ2n) is 11.6. The molecule has 0 N–H and O–H groups in total. The lowest BCUT2D eigenvalue weighted by Crippen LogP contribution is -2.57. The van der Waals surface area contributed by atoms with Gasteiger partial charge in [0, 0.05) is 0 Å². The Morgan fingerprint density at radius 2 is 1.65 bits per heavy atom. The van der Waals surface area contributed by atoms with Gasteiger partial charge in [0.05, 0.1) is 0 Å². The van der Waals surface area contributed by atoms with E-state index in [1.807, 2.05) is 0 Å². The Balaban J connectivity index is 1.60. The number of hydrogen-bond donors (Lipinski definition) is 0. The molecule has 4 fully saturated rings. The molecule has 0 aromatic carbocycles. The second-order valence-corrected chi connectivity index (χ2v) is 11.6. The monoisotopic (exact) mass is 356 g/mol. The predicted molar refractivity (Wildman–Crippen MR) is 113 cm³/mol. The summed E-state index contributed by atoms with van der Waals surface area (Å²) in [6.45, 7) is 14.7. The molecule has 0 amide bonds. The number of rotatable bonds is 4. The summed E-state index contributed by atoms with van der Waals surface area (Å²) in [5.74, 6) is 4.91. The molecule has 0 saturated heterocycles. The van der Waals surface area contributed by atoms with E-state index in [-0.39, 0.29) is 0 Å². The van der Waals surface area contributed by atoms with Crippen LogP contribution in [0, 0.1) is 45.8 Å². The molecular weight excluding hydrogens is 312 g/mol. The van der Waals surface area contributed by atoms with E-state index in [9.17, 15) is 0 Å². The highest BCUT2D eigenvalue weighted by molar-refractivity contribution is 5.14. The van der Waals surface area contributed by atoms with E-state index >= 15 is 0 Å². The molecule has 0 aromatic rings. The van der Waals surface area contributed by atoms with E-state index in [1.165, 1.54) is 64.2 Å². The summed E-state index contributed by atoms with van der Waals surface area (Å²) in [4.78, 5) is 0. The summed E-state index contributed by atoms with van der Waals surface area (Å²) in [6, 6.07) is 0. The van der Waals surface area contributed by atoms with Crippen molar-refractivity contribution in [2.45, 2.75) is 105 Å². The number of fused-ring (bicyclic) bond motifs is 5. The molecule has 0 heterocycles. The summed E-state index contributed by atoms with van der Waals surface area (Å²) in [6.07, 6.45) is 19.9. The minimum absolute atomic E-state index is 0.590. The summed E-state index contributed by atoms with van der Waals surface area (Å²) in [5.41, 5.74) is 1.87. The summed E-state index contributed by atoms with van der Waals surface area (Å²) >= 11 is 0. The molecule has 8 unspecified atom stereocenters. The van der Waals surface area contributed by atoms with Gasteiger partial charge in [0.25, 0.3) is 0 Å². The molecule has 0 radical (unpaired) electrons. The van der Waals surface area contributed by atoms with Gasteiger partial charge in [-0.1, -0.05) is 46.6 Å². The Labute approximate surface area is 163 Å². The summed E-state index contributed by atoms with van der Waals surface area (Å²) in [7, 11) is 0. The lowest BCUT2D eigenvalue weighted by molar-refractivity contribution is -0.156. The van der Waals surface area contributed by atoms with Gasteiger partial charge >= 0.3 is 0 Å². The van der Waals surface area contributed by atoms with Crippen molar-refractivity contribution in [2.75, 3.05) is 0 Å². The van der Waals surface area contributed by atoms with E-state index in [2.05, 4.69) is 40.3 Å². The van der Waals surface area contributed by atoms with Crippen molar-refractivity contribution in [3.8, 4) is 0 Å². The Bertz CT molecular complexity index is 534. The number of hydrogen-bond acceptors (Lipinski definition) is 0. The zero-order valence-electron chi connectivity index (χ0n) is 18.2. The van der Waals surface area contributed by atoms with Gasteiger partial charge in [0.15, 0.2) is 0 Å². The second kappa shape index (κ2) is 6.66. The molecule has 0 nitrogen and oxygen atoms in total. The molecule has 0 bridgehead atoms. The Hall–Kier alpha value is -0.260. The zero-order valence-corrected chi connectivity index (χ0v) is 18.2. The first kappa shape index (κ1) is 19.1. The van der Waals surface area contributed by atoms with Crippen molar-refractivity contribution in [1.82, 2.24) is 0 Å². The fraction of sp³-hybridized carbons (Fsp3) is 0.923. The van der Waals surface area contributed by atoms with Gasteiger partial charge in [-0.25, -0.2) is 0 Å². The summed E-state index contributed by atoms with van der Waals surface area (Å²) in [5, 5.41) is 0. The first-order valence-corrected chi connectivity index (χ1v) is 12.0. The van der Waals surface area contributed by atoms with Gasteiger partial charge in [-0.05, 0) is 110 Å². The predicted octanol–water partition coefficient (Wildman–Crippen LogP) is 8.03. The standard InChI is InChI=1S/C26H44/c1-6-7-10-19(2)21-14-17-26(5)23-13-12-20-11-8-9-16-24(20,3)22(23)15-18-25(21,26)4/h6,19-23H,1,7-18H2,2-5H3. The van der Waals surface area contributed by atoms with E-state index in [0.29, 0.717) is 16.2 Å². The molecular formula is C26H44. The molecule has 8 atom stereocenters. The van der Waals surface area contributed by atoms with Crippen LogP contribution in [0.25, 0.3) is 0 Å². The highest BCUT2D eigenvalue weighted by Gasteiger charge is 2.65. The maximum absolute atomic E-state index is 3.97. The molecule has 0 heteroatoms. The fourth-order valence-corrected chi connectivity index (χ4v) is 9.24. The molecule has 4 aliphatic rings. The van der Waals surface area contributed by atoms with Gasteiger partial charge in [0.2, 0.25) is 0 Å². The van der Waals surface area contributed by atoms with Crippen molar-refractivity contribution in [2.24, 2.45) is 45.8 Å². The maximum atomic E-state index is 3.97. The Morgan fingerprint density at radius 3 is 2.42 bits per heavy atom. The largest absolute Gasteiger partial charge is 0.103 e. The van der Waals surface area contributed by atoms with Crippen LogP contribution in [0.15, 0.2) is 12.7 Å². The zero-order chi connectivity index (χ0) is 18.6. The minimum Gasteiger partial charge on any atom is -0.103 e. The van der Waals surface area contributed by atoms with E-state index in [4.69, 9.17) is 0 Å². The fourth-order valence-electron chi connectivity index (χ4n) is 9.24. The average Bonchev–Trinajstić information content (AvgIpc) is 2.91. The highest BCUT2D eigenvalue weighted by Crippen LogP contribution is 2.73. The molecule has 4 saturated carbocycles. The van der Waals surface area contributed by atoms with Gasteiger partial charge < -0.3 is 0 Å². The van der Waals surface area contributed by atoms with E-state index < -0.39 is 0 Å². The van der Waals surface area contributed by atoms with Crippen LogP contribution in [-0.4, -0.2) is 0 Å². The lowest BCUT2D eigenvalue weighted by Gasteiger charge is -2.64. The van der Waals surface area contributed by atoms with Crippen LogP contribution < -0.4 is 0 Å². The topological polar surface area (TPSA) is 0 Å². The van der Waals surface area contributed by atoms with Gasteiger partial charge in [-0.3, -0.25) is 0 Å². The van der Waals surface area contributed by atoms with Crippen molar-refractivity contribution in [1.29, 1.82) is 0 Å². The van der Waals surface area contributed by atoms with Gasteiger partial charge in [-0.15, -0.1) is 6.58 Å². The van der Waals surface area contributed by atoms with Crippen molar-refractivity contribution in [3.05, 3.63) is 12.7 Å². The van der Waals surface area contributed by atoms with E-state index in [1.54, 1.807) is 12.8 Å². The van der Waals surface area contributed by atoms with Crippen LogP contribution in [0.2, 0.25) is 0 Å². The SMILES string of the molecule is C=CCCC(C)C1CCC2(C)C3CCC4CCCCC4(C)C3CCC12C. The van der Waals surface area contributed by atoms with Crippen LogP contribution >= 0.6 is 0 Å². The normalized spacial score (nSPS) is 51.8. The molecule has 4 aliphatic carbocycles. The molecule has 0 spiro atoms. The Morgan fingerprint density at radius 1 is 0.885 bits per heavy atom. The minimum atomic E-state index is 0.590. The molecule has 26 heavy (non-hydrogen) atoms. The molecule has 148 valence electrons. The van der Waals surface area contributed by atoms with Crippen LogP contribution in [0.4, 0.5) is 0 Å². The van der Waals surface area contributed by atoms with E-state index in [0.717, 1.165) is 29.6 Å². The third kappa shape index (κ3) is 2.52. The first-order chi connectivity index (χ1) is 12.4. The van der Waals surface area contributed by atoms with Crippen LogP contribution in [0.1, 0.15) is 105 Å². The first-order valence-electron chi connectivity index (χ1n) is 12.0. The van der Waals surface area contributed by atoms with Crippen molar-refractivity contribution >= 4 is 0 Å². The van der Waals surface area contributed by atoms with Gasteiger partial charge in [0.1, 0.15) is 0 Å². The highest BCUT2D eigenvalue weighted by atomic mass is 14.7. The molecule has 0 aliphatic heterocycles. The smallest absolute Gasteiger partial charge is 0.0238 e. The molecule has 0 aromatic heterocycles. The van der Waals surface area contributed by atoms with Crippen LogP contribution in [0.3, 0.4) is 0 Å². The maximum Gasteiger partial charge on any atom is -0.0238 e. The molecule has 4 rings (SSSR count).